The molecule has 0 aromatic carbocycles. The molecule has 2 aliphatic carbocycles. The first-order valence-electron chi connectivity index (χ1n) is 7.70. The summed E-state index contributed by atoms with van der Waals surface area (Å²) < 4.78 is 0. The van der Waals surface area contributed by atoms with Gasteiger partial charge in [-0.25, -0.2) is 0 Å². The third-order valence-electron chi connectivity index (χ3n) is 4.87. The summed E-state index contributed by atoms with van der Waals surface area (Å²) in [5.41, 5.74) is 0. The molecule has 2 fully saturated rings. The highest BCUT2D eigenvalue weighted by atomic mass is 32.2. The molecular weight excluding hydrogens is 270 g/mol. The van der Waals surface area contributed by atoms with Gasteiger partial charge in [0.25, 0.3) is 0 Å². The summed E-state index contributed by atoms with van der Waals surface area (Å²) in [4.78, 5) is 1.57. The van der Waals surface area contributed by atoms with E-state index in [4.69, 9.17) is 0 Å². The number of nitrogens with one attached hydrogen (secondary N) is 1. The maximum Gasteiger partial charge on any atom is 0.0445 e. The summed E-state index contributed by atoms with van der Waals surface area (Å²) in [6, 6.07) is 5.91. The van der Waals surface area contributed by atoms with Crippen LogP contribution in [0.15, 0.2) is 17.5 Å². The molecule has 2 saturated carbocycles. The summed E-state index contributed by atoms with van der Waals surface area (Å²) in [6.45, 7) is 0. The van der Waals surface area contributed by atoms with E-state index >= 15 is 0 Å². The lowest BCUT2D eigenvalue weighted by molar-refractivity contribution is 0.335. The number of hydrogen-bond acceptors (Lipinski definition) is 3. The van der Waals surface area contributed by atoms with Gasteiger partial charge in [-0.3, -0.25) is 0 Å². The topological polar surface area (TPSA) is 12.0 Å². The van der Waals surface area contributed by atoms with Crippen molar-refractivity contribution in [1.29, 1.82) is 0 Å². The summed E-state index contributed by atoms with van der Waals surface area (Å²) in [6.07, 6.45) is 12.2. The third kappa shape index (κ3) is 3.20. The molecule has 0 spiro atoms. The van der Waals surface area contributed by atoms with Gasteiger partial charge in [-0.1, -0.05) is 25.3 Å². The van der Waals surface area contributed by atoms with Crippen LogP contribution in [-0.4, -0.2) is 17.5 Å². The van der Waals surface area contributed by atoms with Crippen LogP contribution < -0.4 is 5.32 Å². The number of thiophene rings is 1. The van der Waals surface area contributed by atoms with Crippen LogP contribution in [0.2, 0.25) is 0 Å². The minimum absolute atomic E-state index is 0.625. The van der Waals surface area contributed by atoms with Crippen molar-refractivity contribution in [1.82, 2.24) is 5.32 Å². The second-order valence-electron chi connectivity index (χ2n) is 6.02. The number of thioether (sulfide) groups is 1. The first kappa shape index (κ1) is 14.0. The highest BCUT2D eigenvalue weighted by molar-refractivity contribution is 7.99. The van der Waals surface area contributed by atoms with Gasteiger partial charge in [-0.05, 0) is 49.3 Å². The average molecular weight is 296 g/mol. The maximum atomic E-state index is 4.05. The summed E-state index contributed by atoms with van der Waals surface area (Å²) in [7, 11) is 0. The zero-order valence-corrected chi connectivity index (χ0v) is 13.4. The Labute approximate surface area is 125 Å². The maximum absolute atomic E-state index is 4.05. The van der Waals surface area contributed by atoms with Crippen molar-refractivity contribution in [2.75, 3.05) is 6.26 Å². The minimum atomic E-state index is 0.625. The summed E-state index contributed by atoms with van der Waals surface area (Å²) in [5.74, 6) is 0.877. The van der Waals surface area contributed by atoms with Gasteiger partial charge >= 0.3 is 0 Å². The standard InChI is InChI=1S/C16H25NS2/c1-18-14-9-4-8-13(14)17-16(12-6-2-3-7-12)15-10-5-11-19-15/h5,10-14,16-17H,2-4,6-9H2,1H3. The van der Waals surface area contributed by atoms with Crippen LogP contribution >= 0.6 is 23.1 Å². The molecule has 0 saturated heterocycles. The average Bonchev–Trinajstić information content (AvgIpc) is 3.17. The van der Waals surface area contributed by atoms with E-state index in [1.54, 1.807) is 4.88 Å². The molecule has 1 N–H and O–H groups in total. The molecule has 0 bridgehead atoms. The Morgan fingerprint density at radius 3 is 2.74 bits per heavy atom. The monoisotopic (exact) mass is 295 g/mol. The van der Waals surface area contributed by atoms with Crippen LogP contribution in [0.4, 0.5) is 0 Å². The van der Waals surface area contributed by atoms with E-state index in [2.05, 4.69) is 40.8 Å². The van der Waals surface area contributed by atoms with Crippen LogP contribution in [0.5, 0.6) is 0 Å². The Morgan fingerprint density at radius 1 is 1.21 bits per heavy atom. The van der Waals surface area contributed by atoms with Gasteiger partial charge in [0.2, 0.25) is 0 Å². The van der Waals surface area contributed by atoms with E-state index < -0.39 is 0 Å². The van der Waals surface area contributed by atoms with E-state index in [0.29, 0.717) is 6.04 Å². The highest BCUT2D eigenvalue weighted by Crippen LogP contribution is 2.39. The third-order valence-corrected chi connectivity index (χ3v) is 7.00. The fraction of sp³-hybridized carbons (Fsp3) is 0.750. The van der Waals surface area contributed by atoms with Crippen LogP contribution in [0.3, 0.4) is 0 Å². The predicted molar refractivity (Wildman–Crippen MR) is 87.1 cm³/mol. The van der Waals surface area contributed by atoms with E-state index in [9.17, 15) is 0 Å². The molecule has 0 aliphatic heterocycles. The lowest BCUT2D eigenvalue weighted by Crippen LogP contribution is -2.39. The summed E-state index contributed by atoms with van der Waals surface area (Å²) in [5, 5.41) is 7.12. The molecule has 106 valence electrons. The Balaban J connectivity index is 1.72. The molecule has 1 heterocycles. The Bertz CT molecular complexity index is 370. The van der Waals surface area contributed by atoms with Crippen molar-refractivity contribution >= 4 is 23.1 Å². The Hall–Kier alpha value is 0.01000. The molecule has 3 unspecified atom stereocenters. The quantitative estimate of drug-likeness (QED) is 0.833. The lowest BCUT2D eigenvalue weighted by atomic mass is 9.95. The van der Waals surface area contributed by atoms with Crippen molar-refractivity contribution in [3.8, 4) is 0 Å². The van der Waals surface area contributed by atoms with Crippen molar-refractivity contribution in [2.24, 2.45) is 5.92 Å². The van der Waals surface area contributed by atoms with Crippen LogP contribution in [-0.2, 0) is 0 Å². The molecule has 3 rings (SSSR count). The molecule has 19 heavy (non-hydrogen) atoms. The molecule has 1 aromatic rings. The van der Waals surface area contributed by atoms with E-state index in [1.807, 2.05) is 11.3 Å². The van der Waals surface area contributed by atoms with E-state index in [1.165, 1.54) is 44.9 Å². The predicted octanol–water partition coefficient (Wildman–Crippen LogP) is 4.85. The Morgan fingerprint density at radius 2 is 2.05 bits per heavy atom. The molecule has 3 atom stereocenters. The Kier molecular flexibility index (Phi) is 4.88. The molecule has 0 radical (unpaired) electrons. The van der Waals surface area contributed by atoms with Crippen molar-refractivity contribution < 1.29 is 0 Å². The molecule has 1 aromatic heterocycles. The van der Waals surface area contributed by atoms with Gasteiger partial charge in [-0.15, -0.1) is 11.3 Å². The lowest BCUT2D eigenvalue weighted by Gasteiger charge is -2.30. The van der Waals surface area contributed by atoms with Crippen LogP contribution in [0, 0.1) is 5.92 Å². The van der Waals surface area contributed by atoms with Crippen molar-refractivity contribution in [2.45, 2.75) is 62.3 Å². The normalized spacial score (nSPS) is 29.9. The molecule has 1 nitrogen and oxygen atoms in total. The second-order valence-corrected chi connectivity index (χ2v) is 8.07. The summed E-state index contributed by atoms with van der Waals surface area (Å²) >= 11 is 4.00. The first-order chi connectivity index (χ1) is 9.38. The van der Waals surface area contributed by atoms with Gasteiger partial charge in [-0.2, -0.15) is 11.8 Å². The smallest absolute Gasteiger partial charge is 0.0445 e. The zero-order chi connectivity index (χ0) is 13.1. The zero-order valence-electron chi connectivity index (χ0n) is 11.8. The first-order valence-corrected chi connectivity index (χ1v) is 9.87. The van der Waals surface area contributed by atoms with Crippen LogP contribution in [0.25, 0.3) is 0 Å². The van der Waals surface area contributed by atoms with Crippen molar-refractivity contribution in [3.63, 3.8) is 0 Å². The molecular formula is C16H25NS2. The van der Waals surface area contributed by atoms with Gasteiger partial charge < -0.3 is 5.32 Å². The second kappa shape index (κ2) is 6.64. The largest absolute Gasteiger partial charge is 0.305 e. The highest BCUT2D eigenvalue weighted by Gasteiger charge is 2.33. The fourth-order valence-corrected chi connectivity index (χ4v) is 5.66. The number of hydrogen-bond donors (Lipinski definition) is 1. The van der Waals surface area contributed by atoms with Gasteiger partial charge in [0.1, 0.15) is 0 Å². The van der Waals surface area contributed by atoms with Crippen molar-refractivity contribution in [3.05, 3.63) is 22.4 Å². The SMILES string of the molecule is CSC1CCCC1NC(c1cccs1)C1CCCC1. The van der Waals surface area contributed by atoms with E-state index in [-0.39, 0.29) is 0 Å². The van der Waals surface area contributed by atoms with Gasteiger partial charge in [0.05, 0.1) is 0 Å². The van der Waals surface area contributed by atoms with Gasteiger partial charge in [0, 0.05) is 22.2 Å². The number of rotatable bonds is 5. The van der Waals surface area contributed by atoms with E-state index in [0.717, 1.165) is 17.2 Å². The molecule has 2 aliphatic rings. The minimum Gasteiger partial charge on any atom is -0.305 e. The fourth-order valence-electron chi connectivity index (χ4n) is 3.84. The van der Waals surface area contributed by atoms with Crippen LogP contribution in [0.1, 0.15) is 55.9 Å². The molecule has 0 amide bonds. The van der Waals surface area contributed by atoms with Gasteiger partial charge in [0.15, 0.2) is 0 Å². The molecule has 3 heteroatoms.